The Hall–Kier alpha value is -0.710. The second-order valence-electron chi connectivity index (χ2n) is 4.61. The largest absolute Gasteiger partial charge is 0.493 e. The van der Waals surface area contributed by atoms with Crippen LogP contribution >= 0.6 is 43.5 Å². The Bertz CT molecular complexity index is 661. The first-order valence-electron chi connectivity index (χ1n) is 6.27. The number of hydrogen-bond acceptors (Lipinski definition) is 2. The van der Waals surface area contributed by atoms with E-state index in [1.54, 1.807) is 0 Å². The molecule has 0 radical (unpaired) electrons. The molecule has 0 unspecified atom stereocenters. The van der Waals surface area contributed by atoms with Gasteiger partial charge < -0.3 is 10.1 Å². The predicted octanol–water partition coefficient (Wildman–Crippen LogP) is 5.41. The second-order valence-corrected chi connectivity index (χ2v) is 6.72. The van der Waals surface area contributed by atoms with E-state index in [9.17, 15) is 0 Å². The molecule has 0 fully saturated rings. The predicted molar refractivity (Wildman–Crippen MR) is 89.8 cm³/mol. The molecule has 0 atom stereocenters. The van der Waals surface area contributed by atoms with E-state index < -0.39 is 0 Å². The van der Waals surface area contributed by atoms with Crippen molar-refractivity contribution in [2.45, 2.75) is 13.0 Å². The Kier molecular flexibility index (Phi) is 4.24. The summed E-state index contributed by atoms with van der Waals surface area (Å²) in [5.74, 6) is 1.01. The van der Waals surface area contributed by atoms with Crippen molar-refractivity contribution in [1.82, 2.24) is 0 Å². The van der Waals surface area contributed by atoms with E-state index in [-0.39, 0.29) is 0 Å². The number of halogens is 3. The Morgan fingerprint density at radius 3 is 2.95 bits per heavy atom. The van der Waals surface area contributed by atoms with Crippen LogP contribution in [0.15, 0.2) is 39.3 Å². The Balaban J connectivity index is 1.84. The molecule has 3 rings (SSSR count). The molecule has 0 aromatic heterocycles. The summed E-state index contributed by atoms with van der Waals surface area (Å²) in [5.41, 5.74) is 3.39. The molecule has 0 amide bonds. The SMILES string of the molecule is Clc1cccc(NCc2cc(Br)cc3c2OCC3)c1Br. The highest BCUT2D eigenvalue weighted by molar-refractivity contribution is 9.11. The van der Waals surface area contributed by atoms with E-state index in [1.165, 1.54) is 5.56 Å². The lowest BCUT2D eigenvalue weighted by atomic mass is 10.1. The lowest BCUT2D eigenvalue weighted by Gasteiger charge is -2.13. The third-order valence-electron chi connectivity index (χ3n) is 3.25. The quantitative estimate of drug-likeness (QED) is 0.721. The molecule has 0 saturated carbocycles. The smallest absolute Gasteiger partial charge is 0.127 e. The molecule has 0 saturated heterocycles. The number of anilines is 1. The summed E-state index contributed by atoms with van der Waals surface area (Å²) < 4.78 is 7.70. The first kappa shape index (κ1) is 14.2. The van der Waals surface area contributed by atoms with E-state index in [2.05, 4.69) is 49.3 Å². The maximum Gasteiger partial charge on any atom is 0.127 e. The van der Waals surface area contributed by atoms with Crippen LogP contribution in [0.3, 0.4) is 0 Å². The lowest BCUT2D eigenvalue weighted by molar-refractivity contribution is 0.354. The fourth-order valence-corrected chi connectivity index (χ4v) is 3.44. The molecule has 0 spiro atoms. The van der Waals surface area contributed by atoms with Gasteiger partial charge in [0.05, 0.1) is 21.8 Å². The minimum atomic E-state index is 0.695. The van der Waals surface area contributed by atoms with Gasteiger partial charge in [-0.2, -0.15) is 0 Å². The Morgan fingerprint density at radius 1 is 1.25 bits per heavy atom. The van der Waals surface area contributed by atoms with Gasteiger partial charge in [0.15, 0.2) is 0 Å². The lowest BCUT2D eigenvalue weighted by Crippen LogP contribution is -2.02. The highest BCUT2D eigenvalue weighted by atomic mass is 79.9. The van der Waals surface area contributed by atoms with Crippen molar-refractivity contribution in [2.75, 3.05) is 11.9 Å². The van der Waals surface area contributed by atoms with Crippen molar-refractivity contribution < 1.29 is 4.74 Å². The standard InChI is InChI=1S/C15H12Br2ClNO/c16-11-6-9-4-5-20-15(9)10(7-11)8-19-13-3-1-2-12(18)14(13)17/h1-3,6-7,19H,4-5,8H2. The minimum Gasteiger partial charge on any atom is -0.493 e. The van der Waals surface area contributed by atoms with Crippen LogP contribution in [-0.2, 0) is 13.0 Å². The van der Waals surface area contributed by atoms with Gasteiger partial charge in [-0.25, -0.2) is 0 Å². The molecule has 1 N–H and O–H groups in total. The average Bonchev–Trinajstić information content (AvgIpc) is 2.88. The molecule has 2 aromatic rings. The average molecular weight is 418 g/mol. The number of rotatable bonds is 3. The van der Waals surface area contributed by atoms with E-state index in [1.807, 2.05) is 18.2 Å². The molecular formula is C15H12Br2ClNO. The summed E-state index contributed by atoms with van der Waals surface area (Å²) in [6.07, 6.45) is 0.975. The first-order valence-corrected chi connectivity index (χ1v) is 8.23. The van der Waals surface area contributed by atoms with Crippen molar-refractivity contribution in [3.8, 4) is 5.75 Å². The van der Waals surface area contributed by atoms with E-state index >= 15 is 0 Å². The fourth-order valence-electron chi connectivity index (χ4n) is 2.31. The molecule has 2 nitrogen and oxygen atoms in total. The van der Waals surface area contributed by atoms with Crippen LogP contribution < -0.4 is 10.1 Å². The Morgan fingerprint density at radius 2 is 2.10 bits per heavy atom. The normalized spacial score (nSPS) is 12.9. The van der Waals surface area contributed by atoms with Gasteiger partial charge in [0.25, 0.3) is 0 Å². The number of ether oxygens (including phenoxy) is 1. The second kappa shape index (κ2) is 5.96. The van der Waals surface area contributed by atoms with Crippen molar-refractivity contribution >= 4 is 49.1 Å². The van der Waals surface area contributed by atoms with Crippen molar-refractivity contribution in [3.63, 3.8) is 0 Å². The van der Waals surface area contributed by atoms with Crippen LogP contribution in [-0.4, -0.2) is 6.61 Å². The third-order valence-corrected chi connectivity index (χ3v) is 5.10. The molecule has 1 heterocycles. The number of nitrogens with one attached hydrogen (secondary N) is 1. The maximum atomic E-state index is 6.10. The van der Waals surface area contributed by atoms with Gasteiger partial charge in [-0.15, -0.1) is 0 Å². The van der Waals surface area contributed by atoms with Crippen LogP contribution in [0.4, 0.5) is 5.69 Å². The summed E-state index contributed by atoms with van der Waals surface area (Å²) in [6, 6.07) is 10.00. The van der Waals surface area contributed by atoms with Gasteiger partial charge in [0.1, 0.15) is 5.75 Å². The van der Waals surface area contributed by atoms with Gasteiger partial charge in [-0.05, 0) is 45.8 Å². The van der Waals surface area contributed by atoms with Crippen LogP contribution in [0.25, 0.3) is 0 Å². The van der Waals surface area contributed by atoms with Gasteiger partial charge >= 0.3 is 0 Å². The molecular weight excluding hydrogens is 405 g/mol. The zero-order valence-corrected chi connectivity index (χ0v) is 14.5. The molecule has 1 aliphatic heterocycles. The summed E-state index contributed by atoms with van der Waals surface area (Å²) in [7, 11) is 0. The molecule has 2 aromatic carbocycles. The highest BCUT2D eigenvalue weighted by Crippen LogP contribution is 2.35. The van der Waals surface area contributed by atoms with Crippen molar-refractivity contribution in [1.29, 1.82) is 0 Å². The Labute approximate surface area is 139 Å². The monoisotopic (exact) mass is 415 g/mol. The minimum absolute atomic E-state index is 0.695. The van der Waals surface area contributed by atoms with Crippen LogP contribution in [0.2, 0.25) is 5.02 Å². The zero-order valence-electron chi connectivity index (χ0n) is 10.6. The zero-order chi connectivity index (χ0) is 14.1. The molecule has 1 aliphatic rings. The highest BCUT2D eigenvalue weighted by Gasteiger charge is 2.17. The maximum absolute atomic E-state index is 6.10. The first-order chi connectivity index (χ1) is 9.65. The molecule has 0 bridgehead atoms. The van der Waals surface area contributed by atoms with Crippen LogP contribution in [0.5, 0.6) is 5.75 Å². The molecule has 20 heavy (non-hydrogen) atoms. The van der Waals surface area contributed by atoms with Gasteiger partial charge in [-0.1, -0.05) is 33.6 Å². The summed E-state index contributed by atoms with van der Waals surface area (Å²) in [6.45, 7) is 1.46. The van der Waals surface area contributed by atoms with Crippen LogP contribution in [0, 0.1) is 0 Å². The number of fused-ring (bicyclic) bond motifs is 1. The summed E-state index contributed by atoms with van der Waals surface area (Å²) in [5, 5.41) is 4.09. The van der Waals surface area contributed by atoms with Gasteiger partial charge in [-0.3, -0.25) is 0 Å². The molecule has 0 aliphatic carbocycles. The molecule has 104 valence electrons. The summed E-state index contributed by atoms with van der Waals surface area (Å²) in [4.78, 5) is 0. The summed E-state index contributed by atoms with van der Waals surface area (Å²) >= 11 is 13.1. The van der Waals surface area contributed by atoms with Crippen LogP contribution in [0.1, 0.15) is 11.1 Å². The van der Waals surface area contributed by atoms with Crippen molar-refractivity contribution in [2.24, 2.45) is 0 Å². The van der Waals surface area contributed by atoms with Gasteiger partial charge in [0.2, 0.25) is 0 Å². The van der Waals surface area contributed by atoms with E-state index in [4.69, 9.17) is 16.3 Å². The van der Waals surface area contributed by atoms with Gasteiger partial charge in [0, 0.05) is 23.0 Å². The number of hydrogen-bond donors (Lipinski definition) is 1. The fraction of sp³-hybridized carbons (Fsp3) is 0.200. The van der Waals surface area contributed by atoms with Crippen molar-refractivity contribution in [3.05, 3.63) is 55.4 Å². The van der Waals surface area contributed by atoms with E-state index in [0.717, 1.165) is 39.0 Å². The topological polar surface area (TPSA) is 21.3 Å². The number of benzene rings is 2. The third kappa shape index (κ3) is 2.83. The van der Waals surface area contributed by atoms with E-state index in [0.29, 0.717) is 11.6 Å². The molecule has 5 heteroatoms.